The highest BCUT2D eigenvalue weighted by Crippen LogP contribution is 2.36. The predicted octanol–water partition coefficient (Wildman–Crippen LogP) is 4.72. The van der Waals surface area contributed by atoms with Crippen LogP contribution in [0.2, 0.25) is 5.02 Å². The lowest BCUT2D eigenvalue weighted by atomic mass is 10.1. The molecule has 0 spiro atoms. The van der Waals surface area contributed by atoms with Crippen LogP contribution in [0.3, 0.4) is 0 Å². The van der Waals surface area contributed by atoms with E-state index in [1.54, 1.807) is 11.3 Å². The fourth-order valence-corrected chi connectivity index (χ4v) is 5.44. The van der Waals surface area contributed by atoms with Crippen molar-refractivity contribution in [2.75, 3.05) is 26.2 Å². The number of β-amino-alcohol motifs (C(OH)–C–C–N with tert-alkyl or cyclic N) is 1. The summed E-state index contributed by atoms with van der Waals surface area (Å²) in [5, 5.41) is 28.3. The van der Waals surface area contributed by atoms with Crippen LogP contribution in [0, 0.1) is 0 Å². The van der Waals surface area contributed by atoms with E-state index in [4.69, 9.17) is 36.1 Å². The smallest absolute Gasteiger partial charge is 0.414 e. The monoisotopic (exact) mass is 528 g/mol. The molecular weight excluding hydrogens is 504 g/mol. The number of thiophene rings is 1. The molecule has 0 bridgehead atoms. The van der Waals surface area contributed by atoms with Crippen molar-refractivity contribution in [3.05, 3.63) is 70.7 Å². The summed E-state index contributed by atoms with van der Waals surface area (Å²) >= 11 is 8.12. The summed E-state index contributed by atoms with van der Waals surface area (Å²) in [5.41, 5.74) is 2.41. The largest absolute Gasteiger partial charge is 0.490 e. The van der Waals surface area contributed by atoms with Crippen molar-refractivity contribution in [2.24, 2.45) is 0 Å². The number of carboxylic acids is 2. The first kappa shape index (κ1) is 25.7. The molecule has 0 saturated heterocycles. The first-order valence-electron chi connectivity index (χ1n) is 11.2. The SMILES string of the molecule is O=C(O)C(=O)O.O[C@H](COc1cccc2[nH]ccc12)CN1CC=C(c2cc3c(Cl)cccc3s2)CC1. The normalized spacial score (nSPS) is 14.7. The van der Waals surface area contributed by atoms with Gasteiger partial charge in [0.2, 0.25) is 0 Å². The van der Waals surface area contributed by atoms with E-state index in [1.807, 2.05) is 42.6 Å². The van der Waals surface area contributed by atoms with Crippen LogP contribution < -0.4 is 4.74 Å². The van der Waals surface area contributed by atoms with E-state index in [1.165, 1.54) is 15.2 Å². The Morgan fingerprint density at radius 2 is 1.89 bits per heavy atom. The molecule has 1 aliphatic heterocycles. The zero-order valence-corrected chi connectivity index (χ0v) is 20.8. The van der Waals surface area contributed by atoms with Gasteiger partial charge in [0.1, 0.15) is 18.5 Å². The minimum Gasteiger partial charge on any atom is -0.490 e. The lowest BCUT2D eigenvalue weighted by molar-refractivity contribution is -0.159. The molecule has 188 valence electrons. The third-order valence-electron chi connectivity index (χ3n) is 5.76. The van der Waals surface area contributed by atoms with Crippen LogP contribution in [-0.2, 0) is 9.59 Å². The van der Waals surface area contributed by atoms with Crippen LogP contribution in [0.4, 0.5) is 0 Å². The number of carboxylic acid groups (broad SMARTS) is 2. The van der Waals surface area contributed by atoms with Crippen molar-refractivity contribution in [2.45, 2.75) is 12.5 Å². The first-order chi connectivity index (χ1) is 17.3. The molecule has 5 rings (SSSR count). The fraction of sp³-hybridized carbons (Fsp3) is 0.231. The van der Waals surface area contributed by atoms with Gasteiger partial charge in [-0.3, -0.25) is 4.90 Å². The number of aromatic nitrogens is 1. The second-order valence-electron chi connectivity index (χ2n) is 8.27. The van der Waals surface area contributed by atoms with E-state index in [2.05, 4.69) is 28.1 Å². The number of nitrogens with zero attached hydrogens (tertiary/aromatic N) is 1. The molecule has 36 heavy (non-hydrogen) atoms. The lowest BCUT2D eigenvalue weighted by Gasteiger charge is -2.28. The van der Waals surface area contributed by atoms with Gasteiger partial charge in [-0.05, 0) is 48.4 Å². The van der Waals surface area contributed by atoms with Gasteiger partial charge < -0.3 is 25.0 Å². The fourth-order valence-electron chi connectivity index (χ4n) is 4.00. The number of fused-ring (bicyclic) bond motifs is 2. The Kier molecular flexibility index (Phi) is 8.27. The van der Waals surface area contributed by atoms with Crippen molar-refractivity contribution < 1.29 is 29.6 Å². The maximum atomic E-state index is 10.5. The molecule has 1 atom stereocenters. The molecule has 4 N–H and O–H groups in total. The number of halogens is 1. The molecule has 0 aliphatic carbocycles. The number of hydrogen-bond donors (Lipinski definition) is 4. The average Bonchev–Trinajstić information content (AvgIpc) is 3.52. The summed E-state index contributed by atoms with van der Waals surface area (Å²) in [6.07, 6.45) is 4.62. The topological polar surface area (TPSA) is 123 Å². The van der Waals surface area contributed by atoms with Gasteiger partial charge >= 0.3 is 11.9 Å². The van der Waals surface area contributed by atoms with E-state index in [-0.39, 0.29) is 6.61 Å². The van der Waals surface area contributed by atoms with Gasteiger partial charge in [0, 0.05) is 56.7 Å². The van der Waals surface area contributed by atoms with Crippen LogP contribution in [0.1, 0.15) is 11.3 Å². The molecule has 0 unspecified atom stereocenters. The maximum absolute atomic E-state index is 10.5. The lowest BCUT2D eigenvalue weighted by Crippen LogP contribution is -2.38. The molecule has 8 nitrogen and oxygen atoms in total. The zero-order chi connectivity index (χ0) is 25.7. The molecule has 0 amide bonds. The minimum atomic E-state index is -1.82. The van der Waals surface area contributed by atoms with E-state index < -0.39 is 18.0 Å². The number of hydrogen-bond acceptors (Lipinski definition) is 6. The number of aliphatic hydroxyl groups is 1. The van der Waals surface area contributed by atoms with E-state index in [0.29, 0.717) is 6.54 Å². The number of aliphatic carboxylic acids is 2. The molecule has 0 radical (unpaired) electrons. The average molecular weight is 529 g/mol. The second kappa shape index (κ2) is 11.6. The van der Waals surface area contributed by atoms with Gasteiger partial charge in [-0.15, -0.1) is 11.3 Å². The summed E-state index contributed by atoms with van der Waals surface area (Å²) in [4.78, 5) is 24.9. The van der Waals surface area contributed by atoms with Crippen LogP contribution >= 0.6 is 22.9 Å². The molecule has 2 aromatic heterocycles. The van der Waals surface area contributed by atoms with Crippen LogP contribution in [0.15, 0.2) is 60.8 Å². The number of aromatic amines is 1. The molecule has 0 fully saturated rings. The number of nitrogens with one attached hydrogen (secondary N) is 1. The third-order valence-corrected chi connectivity index (χ3v) is 7.26. The van der Waals surface area contributed by atoms with Gasteiger partial charge in [0.05, 0.1) is 0 Å². The van der Waals surface area contributed by atoms with Crippen molar-refractivity contribution >= 4 is 61.4 Å². The number of carbonyl (C=O) groups is 2. The van der Waals surface area contributed by atoms with Crippen molar-refractivity contribution in [1.29, 1.82) is 0 Å². The molecule has 1 aliphatic rings. The van der Waals surface area contributed by atoms with Gasteiger partial charge in [-0.25, -0.2) is 9.59 Å². The highest BCUT2D eigenvalue weighted by atomic mass is 35.5. The number of rotatable bonds is 6. The number of H-pyrrole nitrogens is 1. The quantitative estimate of drug-likeness (QED) is 0.267. The van der Waals surface area contributed by atoms with Gasteiger partial charge in [-0.1, -0.05) is 29.8 Å². The number of aliphatic hydroxyl groups excluding tert-OH is 1. The molecule has 10 heteroatoms. The van der Waals surface area contributed by atoms with Crippen molar-refractivity contribution in [3.8, 4) is 5.75 Å². The minimum absolute atomic E-state index is 0.284. The molecule has 4 aromatic rings. The highest BCUT2D eigenvalue weighted by Gasteiger charge is 2.18. The van der Waals surface area contributed by atoms with E-state index >= 15 is 0 Å². The standard InChI is InChI=1S/C24H23ClN2O2S.C2H2O4/c25-20-3-1-6-23-19(20)13-24(30-23)16-8-11-27(12-9-16)14-17(28)15-29-22-5-2-4-21-18(22)7-10-26-21;3-1(4)2(5)6/h1-8,10,13,17,26,28H,9,11-12,14-15H2;(H,3,4)(H,5,6)/t17-;/m0./s1. The van der Waals surface area contributed by atoms with Gasteiger partial charge in [0.15, 0.2) is 0 Å². The molecular formula is C26H25ClN2O6S. The number of ether oxygens (including phenoxy) is 1. The van der Waals surface area contributed by atoms with E-state index in [0.717, 1.165) is 46.6 Å². The third kappa shape index (κ3) is 6.24. The Hall–Kier alpha value is -3.37. The first-order valence-corrected chi connectivity index (χ1v) is 12.4. The summed E-state index contributed by atoms with van der Waals surface area (Å²) in [6.45, 7) is 2.65. The van der Waals surface area contributed by atoms with Crippen molar-refractivity contribution in [3.63, 3.8) is 0 Å². The Morgan fingerprint density at radius 3 is 2.58 bits per heavy atom. The summed E-state index contributed by atoms with van der Waals surface area (Å²) < 4.78 is 7.12. The Labute approximate surface area is 216 Å². The Bertz CT molecular complexity index is 1400. The van der Waals surface area contributed by atoms with E-state index in [9.17, 15) is 5.11 Å². The number of benzene rings is 2. The molecule has 3 heterocycles. The molecule has 0 saturated carbocycles. The molecule has 2 aromatic carbocycles. The van der Waals surface area contributed by atoms with Gasteiger partial charge in [0.25, 0.3) is 0 Å². The summed E-state index contributed by atoms with van der Waals surface area (Å²) in [5.74, 6) is -2.85. The summed E-state index contributed by atoms with van der Waals surface area (Å²) in [7, 11) is 0. The van der Waals surface area contributed by atoms with Crippen molar-refractivity contribution in [1.82, 2.24) is 9.88 Å². The Balaban J connectivity index is 0.000000455. The summed E-state index contributed by atoms with van der Waals surface area (Å²) in [6, 6.07) is 16.2. The zero-order valence-electron chi connectivity index (χ0n) is 19.2. The van der Waals surface area contributed by atoms with Crippen LogP contribution in [0.25, 0.3) is 26.6 Å². The predicted molar refractivity (Wildman–Crippen MR) is 141 cm³/mol. The highest BCUT2D eigenvalue weighted by molar-refractivity contribution is 7.20. The van der Waals surface area contributed by atoms with Gasteiger partial charge in [-0.2, -0.15) is 0 Å². The Morgan fingerprint density at radius 1 is 1.11 bits per heavy atom. The second-order valence-corrected chi connectivity index (χ2v) is 9.76. The van der Waals surface area contributed by atoms with Crippen LogP contribution in [0.5, 0.6) is 5.75 Å². The van der Waals surface area contributed by atoms with Crippen LogP contribution in [-0.4, -0.2) is 69.5 Å². The maximum Gasteiger partial charge on any atom is 0.414 e.